The van der Waals surface area contributed by atoms with Gasteiger partial charge in [-0.05, 0) is 47.5 Å². The number of aryl methyl sites for hydroxylation is 2. The van der Waals surface area contributed by atoms with Gasteiger partial charge in [0.1, 0.15) is 5.01 Å². The van der Waals surface area contributed by atoms with Crippen LogP contribution < -0.4 is 0 Å². The first-order valence-electron chi connectivity index (χ1n) is 10.4. The van der Waals surface area contributed by atoms with Crippen LogP contribution in [-0.2, 0) is 7.05 Å². The Balaban J connectivity index is 1.40. The molecule has 3 aromatic carbocycles. The maximum absolute atomic E-state index is 13.0. The van der Waals surface area contributed by atoms with Gasteiger partial charge in [0.2, 0.25) is 0 Å². The van der Waals surface area contributed by atoms with Crippen LogP contribution in [0.2, 0.25) is 0 Å². The lowest BCUT2D eigenvalue weighted by molar-refractivity contribution is 0.0990. The fourth-order valence-electron chi connectivity index (χ4n) is 4.34. The molecule has 0 spiro atoms. The highest BCUT2D eigenvalue weighted by Crippen LogP contribution is 2.35. The van der Waals surface area contributed by atoms with Crippen molar-refractivity contribution in [3.05, 3.63) is 94.0 Å². The number of Topliss-reactive ketones (excluding diaryl/α,β-unsaturated/α-hetero) is 2. The Kier molecular flexibility index (Phi) is 4.04. The molecule has 5 heteroatoms. The predicted molar refractivity (Wildman–Crippen MR) is 129 cm³/mol. The zero-order valence-electron chi connectivity index (χ0n) is 17.5. The van der Waals surface area contributed by atoms with E-state index in [9.17, 15) is 9.59 Å². The van der Waals surface area contributed by atoms with Crippen LogP contribution in [0.25, 0.3) is 38.5 Å². The van der Waals surface area contributed by atoms with E-state index in [0.717, 1.165) is 32.4 Å². The highest BCUT2D eigenvalue weighted by Gasteiger charge is 2.33. The fourth-order valence-corrected chi connectivity index (χ4v) is 5.32. The van der Waals surface area contributed by atoms with Gasteiger partial charge in [0.05, 0.1) is 16.0 Å². The van der Waals surface area contributed by atoms with Crippen LogP contribution in [0.1, 0.15) is 31.3 Å². The number of allylic oxidation sites excluding steroid dienone is 1. The van der Waals surface area contributed by atoms with Crippen molar-refractivity contribution >= 4 is 50.1 Å². The quantitative estimate of drug-likeness (QED) is 0.245. The first-order valence-corrected chi connectivity index (χ1v) is 11.2. The molecule has 2 heterocycles. The second-order valence-electron chi connectivity index (χ2n) is 8.16. The topological polar surface area (TPSA) is 52.0 Å². The summed E-state index contributed by atoms with van der Waals surface area (Å²) in [5, 5.41) is 2.57. The van der Waals surface area contributed by atoms with Crippen molar-refractivity contribution < 1.29 is 9.59 Å². The molecule has 32 heavy (non-hydrogen) atoms. The SMILES string of the molecule is Cc1ccc(-c2cc3sc(C=C4C(=O)c5cc6ccccc6cc5C4=O)nc3n2C)cc1. The van der Waals surface area contributed by atoms with E-state index in [2.05, 4.69) is 41.8 Å². The number of rotatable bonds is 2. The van der Waals surface area contributed by atoms with Crippen molar-refractivity contribution in [1.29, 1.82) is 0 Å². The molecule has 0 aliphatic heterocycles. The zero-order valence-corrected chi connectivity index (χ0v) is 18.4. The minimum absolute atomic E-state index is 0.188. The summed E-state index contributed by atoms with van der Waals surface area (Å²) in [6.45, 7) is 2.07. The normalized spacial score (nSPS) is 13.4. The van der Waals surface area contributed by atoms with Gasteiger partial charge in [0, 0.05) is 18.2 Å². The van der Waals surface area contributed by atoms with E-state index in [1.54, 1.807) is 6.08 Å². The molecule has 0 atom stereocenters. The Labute approximate surface area is 188 Å². The van der Waals surface area contributed by atoms with Crippen LogP contribution in [0.4, 0.5) is 0 Å². The summed E-state index contributed by atoms with van der Waals surface area (Å²) in [5.74, 6) is -0.453. The number of benzene rings is 3. The van der Waals surface area contributed by atoms with Crippen LogP contribution in [0.3, 0.4) is 0 Å². The Bertz CT molecular complexity index is 1560. The van der Waals surface area contributed by atoms with E-state index >= 15 is 0 Å². The predicted octanol–water partition coefficient (Wildman–Crippen LogP) is 6.23. The second-order valence-corrected chi connectivity index (χ2v) is 9.22. The third-order valence-corrected chi connectivity index (χ3v) is 7.02. The molecule has 0 radical (unpaired) electrons. The van der Waals surface area contributed by atoms with Crippen molar-refractivity contribution in [3.63, 3.8) is 0 Å². The number of aromatic nitrogens is 2. The number of hydrogen-bond donors (Lipinski definition) is 0. The van der Waals surface area contributed by atoms with Gasteiger partial charge in [-0.15, -0.1) is 11.3 Å². The molecule has 1 aliphatic carbocycles. The number of fused-ring (bicyclic) bond motifs is 3. The van der Waals surface area contributed by atoms with Gasteiger partial charge >= 0.3 is 0 Å². The van der Waals surface area contributed by atoms with Crippen molar-refractivity contribution in [1.82, 2.24) is 9.55 Å². The summed E-state index contributed by atoms with van der Waals surface area (Å²) in [7, 11) is 1.99. The molecular formula is C27H18N2O2S. The second kappa shape index (κ2) is 6.84. The van der Waals surface area contributed by atoms with Gasteiger partial charge in [0.15, 0.2) is 17.2 Å². The van der Waals surface area contributed by atoms with Crippen molar-refractivity contribution in [3.8, 4) is 11.3 Å². The molecule has 4 nitrogen and oxygen atoms in total. The molecule has 2 aromatic heterocycles. The molecule has 154 valence electrons. The summed E-state index contributed by atoms with van der Waals surface area (Å²) in [6.07, 6.45) is 1.64. The molecule has 0 saturated heterocycles. The molecule has 1 aliphatic rings. The van der Waals surface area contributed by atoms with E-state index in [0.29, 0.717) is 16.1 Å². The van der Waals surface area contributed by atoms with Crippen molar-refractivity contribution in [2.45, 2.75) is 6.92 Å². The van der Waals surface area contributed by atoms with Crippen LogP contribution >= 0.6 is 11.3 Å². The third-order valence-electron chi connectivity index (χ3n) is 6.08. The van der Waals surface area contributed by atoms with Crippen LogP contribution in [0, 0.1) is 6.92 Å². The molecule has 0 fully saturated rings. The van der Waals surface area contributed by atoms with Gasteiger partial charge in [-0.3, -0.25) is 9.59 Å². The monoisotopic (exact) mass is 434 g/mol. The van der Waals surface area contributed by atoms with Crippen molar-refractivity contribution in [2.75, 3.05) is 0 Å². The molecule has 0 amide bonds. The first kappa shape index (κ1) is 18.9. The van der Waals surface area contributed by atoms with E-state index < -0.39 is 0 Å². The highest BCUT2D eigenvalue weighted by atomic mass is 32.1. The molecule has 5 aromatic rings. The van der Waals surface area contributed by atoms with Crippen LogP contribution in [-0.4, -0.2) is 21.1 Å². The third kappa shape index (κ3) is 2.78. The lowest BCUT2D eigenvalue weighted by Gasteiger charge is -2.04. The van der Waals surface area contributed by atoms with Gasteiger partial charge < -0.3 is 4.57 Å². The summed E-state index contributed by atoms with van der Waals surface area (Å²) in [4.78, 5) is 30.8. The Hall–Kier alpha value is -3.83. The molecule has 0 saturated carbocycles. The number of carbonyl (C=O) groups is 2. The van der Waals surface area contributed by atoms with E-state index in [1.165, 1.54) is 16.9 Å². The standard InChI is InChI=1S/C27H18N2O2S/c1-15-7-9-16(10-8-15)22-14-23-27(29(22)2)28-24(32-23)13-21-25(30)19-11-17-5-3-4-6-18(17)12-20(19)26(21)31/h3-14H,1-2H3. The summed E-state index contributed by atoms with van der Waals surface area (Å²) in [5.41, 5.74) is 5.42. The first-order chi connectivity index (χ1) is 15.5. The maximum Gasteiger partial charge on any atom is 0.197 e. The van der Waals surface area contributed by atoms with E-state index in [1.807, 2.05) is 43.4 Å². The molecule has 0 N–H and O–H groups in total. The molecule has 0 unspecified atom stereocenters. The summed E-state index contributed by atoms with van der Waals surface area (Å²) >= 11 is 1.49. The average Bonchev–Trinajstić information content (AvgIpc) is 3.41. The average molecular weight is 435 g/mol. The van der Waals surface area contributed by atoms with Crippen molar-refractivity contribution in [2.24, 2.45) is 7.05 Å². The molecular weight excluding hydrogens is 416 g/mol. The van der Waals surface area contributed by atoms with Crippen LogP contribution in [0.15, 0.2) is 72.3 Å². The van der Waals surface area contributed by atoms with Gasteiger partial charge in [-0.1, -0.05) is 54.1 Å². The Morgan fingerprint density at radius 2 is 1.50 bits per heavy atom. The zero-order chi connectivity index (χ0) is 22.0. The smallest absolute Gasteiger partial charge is 0.197 e. The van der Waals surface area contributed by atoms with Gasteiger partial charge in [-0.25, -0.2) is 4.98 Å². The lowest BCUT2D eigenvalue weighted by Crippen LogP contribution is -2.00. The summed E-state index contributed by atoms with van der Waals surface area (Å²) in [6, 6.07) is 21.9. The lowest BCUT2D eigenvalue weighted by atomic mass is 10.0. The highest BCUT2D eigenvalue weighted by molar-refractivity contribution is 7.19. The summed E-state index contributed by atoms with van der Waals surface area (Å²) < 4.78 is 3.08. The number of carbonyl (C=O) groups excluding carboxylic acids is 2. The fraction of sp³-hybridized carbons (Fsp3) is 0.0741. The Morgan fingerprint density at radius 1 is 0.875 bits per heavy atom. The van der Waals surface area contributed by atoms with Gasteiger partial charge in [0.25, 0.3) is 0 Å². The largest absolute Gasteiger partial charge is 0.328 e. The van der Waals surface area contributed by atoms with E-state index in [-0.39, 0.29) is 17.1 Å². The minimum atomic E-state index is -0.227. The molecule has 0 bridgehead atoms. The maximum atomic E-state index is 13.0. The van der Waals surface area contributed by atoms with Gasteiger partial charge in [-0.2, -0.15) is 0 Å². The molecule has 6 rings (SSSR count). The van der Waals surface area contributed by atoms with E-state index in [4.69, 9.17) is 4.98 Å². The number of ketones is 2. The van der Waals surface area contributed by atoms with Crippen LogP contribution in [0.5, 0.6) is 0 Å². The number of hydrogen-bond acceptors (Lipinski definition) is 4. The Morgan fingerprint density at radius 3 is 2.09 bits per heavy atom. The number of nitrogens with zero attached hydrogens (tertiary/aromatic N) is 2. The number of thiazole rings is 1. The minimum Gasteiger partial charge on any atom is -0.328 e.